The molecule has 0 unspecified atom stereocenters. The van der Waals surface area contributed by atoms with Gasteiger partial charge in [0.15, 0.2) is 0 Å². The van der Waals surface area contributed by atoms with Crippen molar-refractivity contribution in [3.63, 3.8) is 0 Å². The predicted octanol–water partition coefficient (Wildman–Crippen LogP) is 7.56. The monoisotopic (exact) mass is 423 g/mol. The Labute approximate surface area is 179 Å². The van der Waals surface area contributed by atoms with Crippen LogP contribution in [0.5, 0.6) is 0 Å². The average Bonchev–Trinajstić information content (AvgIpc) is 3.34. The van der Waals surface area contributed by atoms with Crippen molar-refractivity contribution in [2.24, 2.45) is 0 Å². The Morgan fingerprint density at radius 2 is 1.63 bits per heavy atom. The van der Waals surface area contributed by atoms with Gasteiger partial charge in [0.2, 0.25) is 0 Å². The lowest BCUT2D eigenvalue weighted by Crippen LogP contribution is -2.37. The van der Waals surface area contributed by atoms with Gasteiger partial charge < -0.3 is 4.42 Å². The first kappa shape index (κ1) is 17.9. The van der Waals surface area contributed by atoms with Crippen LogP contribution >= 0.6 is 11.3 Å². The van der Waals surface area contributed by atoms with Crippen molar-refractivity contribution in [1.29, 1.82) is 0 Å². The van der Waals surface area contributed by atoms with Crippen LogP contribution in [0.1, 0.15) is 0 Å². The smallest absolute Gasteiger partial charge is 0.143 e. The number of hydrogen-bond donors (Lipinski definition) is 0. The Morgan fingerprint density at radius 1 is 0.833 bits per heavy atom. The molecule has 0 bridgehead atoms. The van der Waals surface area contributed by atoms with Crippen molar-refractivity contribution < 1.29 is 4.42 Å². The molecule has 2 heterocycles. The molecule has 0 saturated carbocycles. The minimum atomic E-state index is -1.42. The van der Waals surface area contributed by atoms with Crippen LogP contribution in [0.2, 0.25) is 19.6 Å². The quantitative estimate of drug-likeness (QED) is 0.269. The minimum Gasteiger partial charge on any atom is -0.455 e. The summed E-state index contributed by atoms with van der Waals surface area (Å²) < 4.78 is 7.75. The number of benzene rings is 4. The zero-order valence-corrected chi connectivity index (χ0v) is 19.0. The number of hydrogen-bond acceptors (Lipinski definition) is 3. The van der Waals surface area contributed by atoms with Gasteiger partial charge in [0.25, 0.3) is 0 Å². The number of furan rings is 1. The molecular weight excluding hydrogens is 402 g/mol. The van der Waals surface area contributed by atoms with Gasteiger partial charge >= 0.3 is 0 Å². The minimum absolute atomic E-state index is 0.963. The molecule has 0 aliphatic carbocycles. The molecule has 0 N–H and O–H groups in total. The van der Waals surface area contributed by atoms with Crippen molar-refractivity contribution in [3.8, 4) is 10.6 Å². The summed E-state index contributed by atoms with van der Waals surface area (Å²) in [4.78, 5) is 4.97. The van der Waals surface area contributed by atoms with Gasteiger partial charge in [-0.25, -0.2) is 4.98 Å². The van der Waals surface area contributed by atoms with E-state index in [1.165, 1.54) is 26.0 Å². The molecule has 0 fully saturated rings. The summed E-state index contributed by atoms with van der Waals surface area (Å²) in [6.07, 6.45) is 0. The lowest BCUT2D eigenvalue weighted by Gasteiger charge is -2.15. The lowest BCUT2D eigenvalue weighted by molar-refractivity contribution is 0.673. The number of para-hydroxylation sites is 1. The van der Waals surface area contributed by atoms with E-state index in [0.29, 0.717) is 0 Å². The molecular formula is C26H21NOSSi. The van der Waals surface area contributed by atoms with E-state index in [1.807, 2.05) is 6.07 Å². The molecule has 30 heavy (non-hydrogen) atoms. The second kappa shape index (κ2) is 6.27. The molecule has 4 aromatic carbocycles. The highest BCUT2D eigenvalue weighted by molar-refractivity contribution is 7.21. The van der Waals surface area contributed by atoms with Gasteiger partial charge in [-0.1, -0.05) is 73.4 Å². The van der Waals surface area contributed by atoms with E-state index in [2.05, 4.69) is 86.4 Å². The molecule has 0 aliphatic rings. The largest absolute Gasteiger partial charge is 0.455 e. The first-order chi connectivity index (χ1) is 14.5. The summed E-state index contributed by atoms with van der Waals surface area (Å²) in [7, 11) is -1.42. The van der Waals surface area contributed by atoms with E-state index in [4.69, 9.17) is 9.40 Å². The molecule has 0 atom stereocenters. The molecule has 0 spiro atoms. The number of nitrogens with zero attached hydrogens (tertiary/aromatic N) is 1. The summed E-state index contributed by atoms with van der Waals surface area (Å²) in [5, 5.41) is 7.15. The zero-order valence-electron chi connectivity index (χ0n) is 17.2. The summed E-state index contributed by atoms with van der Waals surface area (Å²) in [5.74, 6) is 0. The highest BCUT2D eigenvalue weighted by Crippen LogP contribution is 2.42. The Kier molecular flexibility index (Phi) is 3.73. The van der Waals surface area contributed by atoms with Crippen LogP contribution in [0, 0.1) is 0 Å². The predicted molar refractivity (Wildman–Crippen MR) is 133 cm³/mol. The van der Waals surface area contributed by atoms with E-state index in [9.17, 15) is 0 Å². The first-order valence-electron chi connectivity index (χ1n) is 10.2. The van der Waals surface area contributed by atoms with Crippen LogP contribution in [0.25, 0.3) is 53.5 Å². The van der Waals surface area contributed by atoms with Gasteiger partial charge in [-0.15, -0.1) is 11.3 Å². The zero-order chi connectivity index (χ0) is 20.5. The van der Waals surface area contributed by atoms with Crippen LogP contribution in [0.3, 0.4) is 0 Å². The van der Waals surface area contributed by atoms with Gasteiger partial charge in [-0.05, 0) is 29.7 Å². The third-order valence-electron chi connectivity index (χ3n) is 5.85. The second-order valence-corrected chi connectivity index (χ2v) is 15.0. The maximum absolute atomic E-state index is 6.54. The maximum atomic E-state index is 6.54. The average molecular weight is 424 g/mol. The molecule has 0 amide bonds. The topological polar surface area (TPSA) is 26.0 Å². The Bertz CT molecular complexity index is 1550. The summed E-state index contributed by atoms with van der Waals surface area (Å²) >= 11 is 1.75. The number of rotatable bonds is 2. The molecule has 6 aromatic rings. The van der Waals surface area contributed by atoms with E-state index >= 15 is 0 Å². The first-order valence-corrected chi connectivity index (χ1v) is 14.6. The molecule has 0 saturated heterocycles. The van der Waals surface area contributed by atoms with Gasteiger partial charge in [0, 0.05) is 21.7 Å². The van der Waals surface area contributed by atoms with Crippen molar-refractivity contribution in [2.45, 2.75) is 19.6 Å². The van der Waals surface area contributed by atoms with Crippen molar-refractivity contribution >= 4 is 67.5 Å². The van der Waals surface area contributed by atoms with Crippen LogP contribution in [0.15, 0.2) is 77.2 Å². The second-order valence-electron chi connectivity index (χ2n) is 8.90. The standard InChI is InChI=1S/C26H21NOSSi/c1-30(2,3)17-12-13-19-22(15-17)28-25-18-9-5-4-8-16(18)14-20(24(19)25)26-27-21-10-6-7-11-23(21)29-26/h4-15H,1-3H3. The number of aromatic nitrogens is 1. The van der Waals surface area contributed by atoms with Crippen molar-refractivity contribution in [2.75, 3.05) is 0 Å². The molecule has 2 nitrogen and oxygen atoms in total. The van der Waals surface area contributed by atoms with Crippen LogP contribution < -0.4 is 5.19 Å². The van der Waals surface area contributed by atoms with E-state index in [0.717, 1.165) is 32.6 Å². The molecule has 4 heteroatoms. The van der Waals surface area contributed by atoms with Crippen LogP contribution in [-0.2, 0) is 0 Å². The molecule has 146 valence electrons. The molecule has 2 aromatic heterocycles. The maximum Gasteiger partial charge on any atom is 0.143 e. The van der Waals surface area contributed by atoms with Crippen LogP contribution in [0.4, 0.5) is 0 Å². The number of thiazole rings is 1. The fraction of sp³-hybridized carbons (Fsp3) is 0.115. The highest BCUT2D eigenvalue weighted by Gasteiger charge is 2.21. The fourth-order valence-electron chi connectivity index (χ4n) is 4.23. The van der Waals surface area contributed by atoms with Gasteiger partial charge in [-0.3, -0.25) is 0 Å². The Morgan fingerprint density at radius 3 is 2.47 bits per heavy atom. The van der Waals surface area contributed by atoms with E-state index in [-0.39, 0.29) is 0 Å². The lowest BCUT2D eigenvalue weighted by atomic mass is 10.0. The van der Waals surface area contributed by atoms with Crippen molar-refractivity contribution in [3.05, 3.63) is 72.8 Å². The normalized spacial score (nSPS) is 12.5. The number of fused-ring (bicyclic) bond motifs is 6. The van der Waals surface area contributed by atoms with Gasteiger partial charge in [0.05, 0.1) is 18.3 Å². The molecule has 0 radical (unpaired) electrons. The summed E-state index contributed by atoms with van der Waals surface area (Å²) in [5.41, 5.74) is 4.14. The van der Waals surface area contributed by atoms with Gasteiger partial charge in [-0.2, -0.15) is 0 Å². The molecule has 0 aliphatic heterocycles. The highest BCUT2D eigenvalue weighted by atomic mass is 32.1. The van der Waals surface area contributed by atoms with Gasteiger partial charge in [0.1, 0.15) is 16.2 Å². The van der Waals surface area contributed by atoms with Crippen molar-refractivity contribution in [1.82, 2.24) is 4.98 Å². The Balaban J connectivity index is 1.76. The fourth-order valence-corrected chi connectivity index (χ4v) is 6.37. The molecule has 6 rings (SSSR count). The van der Waals surface area contributed by atoms with Crippen LogP contribution in [-0.4, -0.2) is 13.1 Å². The van der Waals surface area contributed by atoms with E-state index in [1.54, 1.807) is 11.3 Å². The Hall–Kier alpha value is -2.95. The summed E-state index contributed by atoms with van der Waals surface area (Å²) in [6, 6.07) is 25.9. The third kappa shape index (κ3) is 2.64. The van der Waals surface area contributed by atoms with E-state index < -0.39 is 8.07 Å². The summed E-state index contributed by atoms with van der Waals surface area (Å²) in [6.45, 7) is 7.12. The SMILES string of the molecule is C[Si](C)(C)c1ccc2c(c1)oc1c3ccccc3cc(-c3nc4ccccc4s3)c21. The third-order valence-corrected chi connectivity index (χ3v) is 8.97.